The lowest BCUT2D eigenvalue weighted by Crippen LogP contribution is -2.38. The van der Waals surface area contributed by atoms with Crippen LogP contribution in [0.2, 0.25) is 0 Å². The molecule has 1 atom stereocenters. The number of aliphatic hydroxyl groups is 1. The number of nitrogens with zero attached hydrogens (tertiary/aromatic N) is 1. The van der Waals surface area contributed by atoms with Gasteiger partial charge >= 0.3 is 0 Å². The molecule has 1 fully saturated rings. The summed E-state index contributed by atoms with van der Waals surface area (Å²) >= 11 is 0. The summed E-state index contributed by atoms with van der Waals surface area (Å²) in [6, 6.07) is 6.53. The van der Waals surface area contributed by atoms with Crippen LogP contribution in [0.5, 0.6) is 0 Å². The van der Waals surface area contributed by atoms with Crippen molar-refractivity contribution in [2.24, 2.45) is 0 Å². The maximum atomic E-state index is 12.9. The van der Waals surface area contributed by atoms with Crippen LogP contribution in [0.3, 0.4) is 0 Å². The van der Waals surface area contributed by atoms with Crippen molar-refractivity contribution in [2.45, 2.75) is 18.9 Å². The van der Waals surface area contributed by atoms with E-state index >= 15 is 0 Å². The largest absolute Gasteiger partial charge is 0.396 e. The van der Waals surface area contributed by atoms with E-state index in [2.05, 4.69) is 4.90 Å². The van der Waals surface area contributed by atoms with Crippen LogP contribution in [0.15, 0.2) is 24.3 Å². The highest BCUT2D eigenvalue weighted by Crippen LogP contribution is 2.22. The zero-order chi connectivity index (χ0) is 12.8. The van der Waals surface area contributed by atoms with Crippen molar-refractivity contribution in [2.75, 3.05) is 32.8 Å². The molecule has 0 aromatic heterocycles. The standard InChI is InChI=1S/C14H20FNO2/c15-13-5-3-12(4-6-13)14-11-16(8-10-18-14)7-1-2-9-17/h3-6,14,17H,1-2,7-11H2. The lowest BCUT2D eigenvalue weighted by Gasteiger charge is -2.33. The number of aliphatic hydroxyl groups excluding tert-OH is 1. The Morgan fingerprint density at radius 2 is 2.06 bits per heavy atom. The molecule has 18 heavy (non-hydrogen) atoms. The molecule has 4 heteroatoms. The molecule has 1 aromatic rings. The van der Waals surface area contributed by atoms with Crippen molar-refractivity contribution in [3.8, 4) is 0 Å². The average Bonchev–Trinajstić information content (AvgIpc) is 2.40. The van der Waals surface area contributed by atoms with Gasteiger partial charge in [-0.2, -0.15) is 0 Å². The molecule has 2 rings (SSSR count). The third kappa shape index (κ3) is 3.77. The first-order valence-corrected chi connectivity index (χ1v) is 6.50. The Morgan fingerprint density at radius 1 is 1.28 bits per heavy atom. The molecule has 0 amide bonds. The van der Waals surface area contributed by atoms with Crippen molar-refractivity contribution < 1.29 is 14.2 Å². The molecule has 1 aromatic carbocycles. The molecular formula is C14H20FNO2. The molecule has 3 nitrogen and oxygen atoms in total. The van der Waals surface area contributed by atoms with Crippen LogP contribution >= 0.6 is 0 Å². The van der Waals surface area contributed by atoms with Gasteiger partial charge in [0.15, 0.2) is 0 Å². The highest BCUT2D eigenvalue weighted by Gasteiger charge is 2.21. The van der Waals surface area contributed by atoms with E-state index in [9.17, 15) is 4.39 Å². The quantitative estimate of drug-likeness (QED) is 0.814. The minimum atomic E-state index is -0.214. The van der Waals surface area contributed by atoms with Gasteiger partial charge in [-0.3, -0.25) is 4.90 Å². The topological polar surface area (TPSA) is 32.7 Å². The van der Waals surface area contributed by atoms with E-state index in [0.717, 1.165) is 38.0 Å². The Bertz CT molecular complexity index is 355. The summed E-state index contributed by atoms with van der Waals surface area (Å²) in [4.78, 5) is 2.34. The molecule has 0 radical (unpaired) electrons. The van der Waals surface area contributed by atoms with Crippen molar-refractivity contribution in [3.05, 3.63) is 35.6 Å². The number of unbranched alkanes of at least 4 members (excludes halogenated alkanes) is 1. The van der Waals surface area contributed by atoms with E-state index in [1.807, 2.05) is 0 Å². The van der Waals surface area contributed by atoms with Gasteiger partial charge in [0.25, 0.3) is 0 Å². The van der Waals surface area contributed by atoms with Gasteiger partial charge in [0, 0.05) is 19.7 Å². The fourth-order valence-electron chi connectivity index (χ4n) is 2.23. The first kappa shape index (κ1) is 13.5. The van der Waals surface area contributed by atoms with Gasteiger partial charge in [0.05, 0.1) is 12.7 Å². The molecule has 1 saturated heterocycles. The molecule has 0 bridgehead atoms. The molecule has 1 unspecified atom stereocenters. The van der Waals surface area contributed by atoms with Gasteiger partial charge in [-0.05, 0) is 37.1 Å². The normalized spacial score (nSPS) is 21.1. The molecule has 0 spiro atoms. The Hall–Kier alpha value is -0.970. The van der Waals surface area contributed by atoms with E-state index in [1.54, 1.807) is 12.1 Å². The smallest absolute Gasteiger partial charge is 0.123 e. The van der Waals surface area contributed by atoms with Crippen molar-refractivity contribution >= 4 is 0 Å². The summed E-state index contributed by atoms with van der Waals surface area (Å²) in [6.45, 7) is 3.73. The van der Waals surface area contributed by atoms with E-state index in [4.69, 9.17) is 9.84 Å². The minimum Gasteiger partial charge on any atom is -0.396 e. The minimum absolute atomic E-state index is 0.0356. The van der Waals surface area contributed by atoms with Crippen LogP contribution in [-0.2, 0) is 4.74 Å². The van der Waals surface area contributed by atoms with E-state index < -0.39 is 0 Å². The summed E-state index contributed by atoms with van der Waals surface area (Å²) in [5.74, 6) is -0.214. The van der Waals surface area contributed by atoms with Gasteiger partial charge in [0.1, 0.15) is 5.82 Å². The first-order valence-electron chi connectivity index (χ1n) is 6.50. The van der Waals surface area contributed by atoms with Crippen LogP contribution in [0.4, 0.5) is 4.39 Å². The summed E-state index contributed by atoms with van der Waals surface area (Å²) in [6.07, 6.45) is 1.89. The SMILES string of the molecule is OCCCCN1CCOC(c2ccc(F)cc2)C1. The van der Waals surface area contributed by atoms with Crippen molar-refractivity contribution in [1.82, 2.24) is 4.90 Å². The molecule has 1 heterocycles. The Labute approximate surface area is 107 Å². The average molecular weight is 253 g/mol. The zero-order valence-electron chi connectivity index (χ0n) is 10.5. The predicted octanol–water partition coefficient (Wildman–Crippen LogP) is 1.97. The highest BCUT2D eigenvalue weighted by molar-refractivity contribution is 5.19. The fraction of sp³-hybridized carbons (Fsp3) is 0.571. The van der Waals surface area contributed by atoms with Gasteiger partial charge in [-0.15, -0.1) is 0 Å². The van der Waals surface area contributed by atoms with Gasteiger partial charge < -0.3 is 9.84 Å². The number of rotatable bonds is 5. The van der Waals surface area contributed by atoms with Gasteiger partial charge in [-0.25, -0.2) is 4.39 Å². The monoisotopic (exact) mass is 253 g/mol. The maximum Gasteiger partial charge on any atom is 0.123 e. The molecule has 1 aliphatic rings. The summed E-state index contributed by atoms with van der Waals surface area (Å²) < 4.78 is 18.6. The number of benzene rings is 1. The molecule has 0 saturated carbocycles. The molecule has 1 aliphatic heterocycles. The van der Waals surface area contributed by atoms with Crippen molar-refractivity contribution in [1.29, 1.82) is 0 Å². The second kappa shape index (κ2) is 6.83. The molecule has 100 valence electrons. The van der Waals surface area contributed by atoms with Crippen molar-refractivity contribution in [3.63, 3.8) is 0 Å². The predicted molar refractivity (Wildman–Crippen MR) is 67.9 cm³/mol. The van der Waals surface area contributed by atoms with E-state index in [-0.39, 0.29) is 18.5 Å². The lowest BCUT2D eigenvalue weighted by atomic mass is 10.1. The van der Waals surface area contributed by atoms with Crippen LogP contribution in [0, 0.1) is 5.82 Å². The Morgan fingerprint density at radius 3 is 2.78 bits per heavy atom. The summed E-state index contributed by atoms with van der Waals surface area (Å²) in [5, 5.41) is 8.77. The van der Waals surface area contributed by atoms with Crippen LogP contribution in [-0.4, -0.2) is 42.9 Å². The third-order valence-corrected chi connectivity index (χ3v) is 3.27. The Kier molecular flexibility index (Phi) is 5.11. The lowest BCUT2D eigenvalue weighted by molar-refractivity contribution is -0.0306. The number of hydrogen-bond acceptors (Lipinski definition) is 3. The number of hydrogen-bond donors (Lipinski definition) is 1. The van der Waals surface area contributed by atoms with Crippen LogP contribution < -0.4 is 0 Å². The van der Waals surface area contributed by atoms with Crippen LogP contribution in [0.1, 0.15) is 24.5 Å². The second-order valence-electron chi connectivity index (χ2n) is 4.64. The highest BCUT2D eigenvalue weighted by atomic mass is 19.1. The van der Waals surface area contributed by atoms with E-state index in [0.29, 0.717) is 6.61 Å². The van der Waals surface area contributed by atoms with E-state index in [1.165, 1.54) is 12.1 Å². The fourth-order valence-corrected chi connectivity index (χ4v) is 2.23. The van der Waals surface area contributed by atoms with Gasteiger partial charge in [-0.1, -0.05) is 12.1 Å². The molecular weight excluding hydrogens is 233 g/mol. The zero-order valence-corrected chi connectivity index (χ0v) is 10.5. The second-order valence-corrected chi connectivity index (χ2v) is 4.64. The van der Waals surface area contributed by atoms with Gasteiger partial charge in [0.2, 0.25) is 0 Å². The molecule has 1 N–H and O–H groups in total. The summed E-state index contributed by atoms with van der Waals surface area (Å²) in [5.41, 5.74) is 1.03. The third-order valence-electron chi connectivity index (χ3n) is 3.27. The van der Waals surface area contributed by atoms with Crippen LogP contribution in [0.25, 0.3) is 0 Å². The summed E-state index contributed by atoms with van der Waals surface area (Å²) in [7, 11) is 0. The Balaban J connectivity index is 1.88. The number of morpholine rings is 1. The number of halogens is 1. The molecule has 0 aliphatic carbocycles. The maximum absolute atomic E-state index is 12.9. The first-order chi connectivity index (χ1) is 8.79. The number of ether oxygens (including phenoxy) is 1.